The lowest BCUT2D eigenvalue weighted by Crippen LogP contribution is -2.34. The Bertz CT molecular complexity index is 378. The molecule has 0 heterocycles. The van der Waals surface area contributed by atoms with Gasteiger partial charge in [0.25, 0.3) is 0 Å². The van der Waals surface area contributed by atoms with Crippen LogP contribution in [0.5, 0.6) is 0 Å². The van der Waals surface area contributed by atoms with Gasteiger partial charge in [0, 0.05) is 0 Å². The molecular weight excluding hydrogens is 287 g/mol. The van der Waals surface area contributed by atoms with Crippen molar-refractivity contribution in [1.82, 2.24) is 0 Å². The van der Waals surface area contributed by atoms with Crippen LogP contribution in [0.2, 0.25) is 0 Å². The van der Waals surface area contributed by atoms with Crippen molar-refractivity contribution in [2.75, 3.05) is 0 Å². The van der Waals surface area contributed by atoms with Gasteiger partial charge in [0.1, 0.15) is 0 Å². The van der Waals surface area contributed by atoms with Crippen LogP contribution in [0.15, 0.2) is 0 Å². The second-order valence-corrected chi connectivity index (χ2v) is 8.96. The van der Waals surface area contributed by atoms with Gasteiger partial charge < -0.3 is 4.89 Å². The number of hydrogen-bond donors (Lipinski definition) is 1. The van der Waals surface area contributed by atoms with Gasteiger partial charge >= 0.3 is 7.82 Å². The van der Waals surface area contributed by atoms with E-state index in [1.807, 2.05) is 6.92 Å². The zero-order valence-corrected chi connectivity index (χ0v) is 14.7. The Balaban J connectivity index is 1.90. The molecule has 0 aliphatic heterocycles. The lowest BCUT2D eigenvalue weighted by atomic mass is 9.76. The van der Waals surface area contributed by atoms with E-state index in [0.717, 1.165) is 57.8 Å². The quantitative estimate of drug-likeness (QED) is 0.708. The second-order valence-electron chi connectivity index (χ2n) is 7.63. The monoisotopic (exact) mass is 318 g/mol. The lowest BCUT2D eigenvalue weighted by molar-refractivity contribution is -0.0260. The summed E-state index contributed by atoms with van der Waals surface area (Å²) in [5, 5.41) is 0. The third kappa shape index (κ3) is 5.06. The molecule has 1 unspecified atom stereocenters. The van der Waals surface area contributed by atoms with Crippen molar-refractivity contribution in [2.24, 2.45) is 5.41 Å². The third-order valence-electron chi connectivity index (χ3n) is 5.29. The van der Waals surface area contributed by atoms with E-state index in [1.165, 1.54) is 6.42 Å². The molecule has 1 atom stereocenters. The minimum absolute atomic E-state index is 0.133. The standard InChI is InChI=1S/C16H31O4P/c1-4-16(10-6-5-7-11-16)20-21(17,18)19-14-8-12-15(2,3)13-9-14/h14H,4-13H2,1-3H3,(H,17,18). The van der Waals surface area contributed by atoms with Crippen LogP contribution in [-0.2, 0) is 13.6 Å². The Labute approximate surface area is 129 Å². The van der Waals surface area contributed by atoms with Crippen LogP contribution in [0, 0.1) is 5.41 Å². The van der Waals surface area contributed by atoms with Crippen LogP contribution in [0.1, 0.15) is 85.0 Å². The summed E-state index contributed by atoms with van der Waals surface area (Å²) >= 11 is 0. The minimum atomic E-state index is -3.95. The smallest absolute Gasteiger partial charge is 0.302 e. The van der Waals surface area contributed by atoms with E-state index in [9.17, 15) is 9.46 Å². The van der Waals surface area contributed by atoms with Gasteiger partial charge in [-0.15, -0.1) is 0 Å². The van der Waals surface area contributed by atoms with E-state index in [-0.39, 0.29) is 6.10 Å². The number of hydrogen-bond acceptors (Lipinski definition) is 3. The molecule has 0 saturated heterocycles. The molecule has 0 aromatic carbocycles. The molecule has 0 aromatic heterocycles. The van der Waals surface area contributed by atoms with Gasteiger partial charge in [-0.25, -0.2) is 4.57 Å². The first-order valence-corrected chi connectivity index (χ1v) is 9.97. The summed E-state index contributed by atoms with van der Waals surface area (Å²) in [7, 11) is -3.95. The molecule has 0 aromatic rings. The van der Waals surface area contributed by atoms with Gasteiger partial charge in [-0.3, -0.25) is 9.05 Å². The molecule has 2 aliphatic rings. The Morgan fingerprint density at radius 1 is 1.10 bits per heavy atom. The molecule has 2 rings (SSSR count). The predicted molar refractivity (Wildman–Crippen MR) is 84.1 cm³/mol. The topological polar surface area (TPSA) is 55.8 Å². The maximum atomic E-state index is 12.4. The number of rotatable bonds is 5. The zero-order valence-electron chi connectivity index (χ0n) is 13.8. The van der Waals surface area contributed by atoms with E-state index < -0.39 is 13.4 Å². The van der Waals surface area contributed by atoms with Gasteiger partial charge in [-0.05, 0) is 50.4 Å². The van der Waals surface area contributed by atoms with Gasteiger partial charge in [-0.1, -0.05) is 40.0 Å². The Kier molecular flexibility index (Phi) is 5.57. The molecule has 0 spiro atoms. The molecule has 1 N–H and O–H groups in total. The van der Waals surface area contributed by atoms with Gasteiger partial charge in [0.2, 0.25) is 0 Å². The average Bonchev–Trinajstić information content (AvgIpc) is 2.41. The normalized spacial score (nSPS) is 29.0. The maximum Gasteiger partial charge on any atom is 0.472 e. The van der Waals surface area contributed by atoms with Gasteiger partial charge in [0.15, 0.2) is 0 Å². The largest absolute Gasteiger partial charge is 0.472 e. The van der Waals surface area contributed by atoms with Gasteiger partial charge in [0.05, 0.1) is 11.7 Å². The van der Waals surface area contributed by atoms with Crippen LogP contribution < -0.4 is 0 Å². The van der Waals surface area contributed by atoms with E-state index in [1.54, 1.807) is 0 Å². The third-order valence-corrected chi connectivity index (χ3v) is 6.47. The molecule has 2 aliphatic carbocycles. The van der Waals surface area contributed by atoms with Crippen LogP contribution >= 0.6 is 7.82 Å². The Morgan fingerprint density at radius 3 is 2.19 bits per heavy atom. The first kappa shape index (κ1) is 17.5. The van der Waals surface area contributed by atoms with Crippen molar-refractivity contribution < 1.29 is 18.5 Å². The van der Waals surface area contributed by atoms with E-state index in [2.05, 4.69) is 13.8 Å². The highest BCUT2D eigenvalue weighted by Crippen LogP contribution is 2.54. The molecule has 0 amide bonds. The minimum Gasteiger partial charge on any atom is -0.302 e. The Hall–Kier alpha value is 0.110. The Morgan fingerprint density at radius 2 is 1.67 bits per heavy atom. The van der Waals surface area contributed by atoms with Crippen LogP contribution in [0.25, 0.3) is 0 Å². The summed E-state index contributed by atoms with van der Waals surface area (Å²) in [6.07, 6.45) is 9.50. The zero-order chi connectivity index (χ0) is 15.6. The average molecular weight is 318 g/mol. The molecule has 2 saturated carbocycles. The molecular formula is C16H31O4P. The molecule has 5 heteroatoms. The molecule has 4 nitrogen and oxygen atoms in total. The highest BCUT2D eigenvalue weighted by Gasteiger charge is 2.41. The first-order chi connectivity index (χ1) is 9.76. The second kappa shape index (κ2) is 6.70. The summed E-state index contributed by atoms with van der Waals surface area (Å²) < 4.78 is 23.5. The van der Waals surface area contributed by atoms with Crippen LogP contribution in [0.4, 0.5) is 0 Å². The molecule has 2 fully saturated rings. The fraction of sp³-hybridized carbons (Fsp3) is 1.00. The summed E-state index contributed by atoms with van der Waals surface area (Å²) in [5.41, 5.74) is -0.120. The van der Waals surface area contributed by atoms with Crippen LogP contribution in [0.3, 0.4) is 0 Å². The summed E-state index contributed by atoms with van der Waals surface area (Å²) in [5.74, 6) is 0. The molecule has 21 heavy (non-hydrogen) atoms. The van der Waals surface area contributed by atoms with Crippen molar-refractivity contribution in [1.29, 1.82) is 0 Å². The molecule has 0 bridgehead atoms. The SMILES string of the molecule is CCC1(OP(=O)(O)OC2CCC(C)(C)CC2)CCCCC1. The molecule has 124 valence electrons. The fourth-order valence-corrected chi connectivity index (χ4v) is 5.07. The van der Waals surface area contributed by atoms with Crippen molar-refractivity contribution in [3.05, 3.63) is 0 Å². The van der Waals surface area contributed by atoms with E-state index in [0.29, 0.717) is 5.41 Å². The predicted octanol–water partition coefficient (Wildman–Crippen LogP) is 5.20. The van der Waals surface area contributed by atoms with Crippen molar-refractivity contribution >= 4 is 7.82 Å². The fourth-order valence-electron chi connectivity index (χ4n) is 3.64. The van der Waals surface area contributed by atoms with Crippen LogP contribution in [-0.4, -0.2) is 16.6 Å². The first-order valence-electron chi connectivity index (χ1n) is 8.48. The van der Waals surface area contributed by atoms with Crippen molar-refractivity contribution in [3.8, 4) is 0 Å². The lowest BCUT2D eigenvalue weighted by Gasteiger charge is -2.39. The van der Waals surface area contributed by atoms with E-state index in [4.69, 9.17) is 9.05 Å². The summed E-state index contributed by atoms with van der Waals surface area (Å²) in [6, 6.07) is 0. The highest BCUT2D eigenvalue weighted by atomic mass is 31.2. The van der Waals surface area contributed by atoms with Gasteiger partial charge in [-0.2, -0.15) is 0 Å². The summed E-state index contributed by atoms with van der Waals surface area (Å²) in [4.78, 5) is 10.2. The number of phosphoric ester groups is 1. The van der Waals surface area contributed by atoms with E-state index >= 15 is 0 Å². The van der Waals surface area contributed by atoms with Crippen molar-refractivity contribution in [2.45, 2.75) is 96.7 Å². The highest BCUT2D eigenvalue weighted by molar-refractivity contribution is 7.47. The maximum absolute atomic E-state index is 12.4. The summed E-state index contributed by atoms with van der Waals surface area (Å²) in [6.45, 7) is 6.52. The molecule has 0 radical (unpaired) electrons. The van der Waals surface area contributed by atoms with Crippen molar-refractivity contribution in [3.63, 3.8) is 0 Å². The number of phosphoric acid groups is 1.